The second-order valence-corrected chi connectivity index (χ2v) is 6.22. The Labute approximate surface area is 141 Å². The van der Waals surface area contributed by atoms with Gasteiger partial charge in [0, 0.05) is 26.1 Å². The summed E-state index contributed by atoms with van der Waals surface area (Å²) >= 11 is 0. The molecule has 128 valence electrons. The lowest BCUT2D eigenvalue weighted by Crippen LogP contribution is -2.43. The quantitative estimate of drug-likeness (QED) is 0.864. The van der Waals surface area contributed by atoms with Crippen LogP contribution in [-0.4, -0.2) is 41.8 Å². The Bertz CT molecular complexity index is 670. The van der Waals surface area contributed by atoms with Crippen molar-refractivity contribution in [3.8, 4) is 0 Å². The van der Waals surface area contributed by atoms with Gasteiger partial charge < -0.3 is 18.6 Å². The molecule has 0 spiro atoms. The first-order chi connectivity index (χ1) is 11.6. The van der Waals surface area contributed by atoms with E-state index >= 15 is 0 Å². The largest absolute Gasteiger partial charge is 0.472 e. The summed E-state index contributed by atoms with van der Waals surface area (Å²) in [6.07, 6.45) is 5.92. The van der Waals surface area contributed by atoms with Crippen molar-refractivity contribution in [3.05, 3.63) is 48.3 Å². The van der Waals surface area contributed by atoms with E-state index in [2.05, 4.69) is 0 Å². The number of nitrogens with zero attached hydrogens (tertiary/aromatic N) is 2. The fourth-order valence-corrected chi connectivity index (χ4v) is 3.10. The number of likely N-dealkylation sites (tertiary alicyclic amines) is 1. The van der Waals surface area contributed by atoms with Gasteiger partial charge in [0.1, 0.15) is 12.0 Å². The Morgan fingerprint density at radius 3 is 2.58 bits per heavy atom. The van der Waals surface area contributed by atoms with Crippen LogP contribution < -0.4 is 0 Å². The Hall–Kier alpha value is -2.50. The predicted octanol–water partition coefficient (Wildman–Crippen LogP) is 2.94. The molecule has 3 heterocycles. The molecule has 1 aliphatic rings. The van der Waals surface area contributed by atoms with Gasteiger partial charge in [-0.3, -0.25) is 9.59 Å². The van der Waals surface area contributed by atoms with Crippen LogP contribution in [0, 0.1) is 5.92 Å². The molecule has 0 saturated carbocycles. The van der Waals surface area contributed by atoms with E-state index in [1.807, 2.05) is 19.1 Å². The Balaban J connectivity index is 1.56. The minimum atomic E-state index is -0.0990. The smallest absolute Gasteiger partial charge is 0.257 e. The predicted molar refractivity (Wildman–Crippen MR) is 87.2 cm³/mol. The number of hydrogen-bond donors (Lipinski definition) is 0. The third-order valence-electron chi connectivity index (χ3n) is 4.78. The molecule has 1 aliphatic heterocycles. The SMILES string of the molecule is CC(c1ccco1)N(C)C(=O)C1CCN(C(=O)c2ccoc2)CC1. The fraction of sp³-hybridized carbons (Fsp3) is 0.444. The molecule has 0 aromatic carbocycles. The van der Waals surface area contributed by atoms with Gasteiger partial charge in [-0.15, -0.1) is 0 Å². The molecule has 1 atom stereocenters. The maximum Gasteiger partial charge on any atom is 0.257 e. The fourth-order valence-electron chi connectivity index (χ4n) is 3.10. The molecule has 1 saturated heterocycles. The summed E-state index contributed by atoms with van der Waals surface area (Å²) in [5, 5.41) is 0. The van der Waals surface area contributed by atoms with Crippen LogP contribution in [0.25, 0.3) is 0 Å². The van der Waals surface area contributed by atoms with Gasteiger partial charge in [-0.05, 0) is 38.0 Å². The van der Waals surface area contributed by atoms with E-state index in [4.69, 9.17) is 8.83 Å². The molecule has 1 fully saturated rings. The highest BCUT2D eigenvalue weighted by Gasteiger charge is 2.31. The number of rotatable bonds is 4. The number of carbonyl (C=O) groups excluding carboxylic acids is 2. The summed E-state index contributed by atoms with van der Waals surface area (Å²) < 4.78 is 10.3. The monoisotopic (exact) mass is 330 g/mol. The van der Waals surface area contributed by atoms with Gasteiger partial charge in [0.05, 0.1) is 24.1 Å². The van der Waals surface area contributed by atoms with Gasteiger partial charge in [-0.2, -0.15) is 0 Å². The number of piperidine rings is 1. The summed E-state index contributed by atoms with van der Waals surface area (Å²) in [7, 11) is 1.80. The van der Waals surface area contributed by atoms with Crippen molar-refractivity contribution < 1.29 is 18.4 Å². The maximum atomic E-state index is 12.7. The van der Waals surface area contributed by atoms with Crippen LogP contribution in [0.4, 0.5) is 0 Å². The standard InChI is InChI=1S/C18H22N2O4/c1-13(16-4-3-10-24-16)19(2)17(21)14-5-8-20(9-6-14)18(22)15-7-11-23-12-15/h3-4,7,10-14H,5-6,8-9H2,1-2H3. The van der Waals surface area contributed by atoms with E-state index in [1.54, 1.807) is 29.2 Å². The van der Waals surface area contributed by atoms with E-state index in [0.717, 1.165) is 5.76 Å². The second kappa shape index (κ2) is 6.95. The molecule has 0 bridgehead atoms. The average molecular weight is 330 g/mol. The van der Waals surface area contributed by atoms with E-state index < -0.39 is 0 Å². The van der Waals surface area contributed by atoms with Crippen LogP contribution >= 0.6 is 0 Å². The molecule has 24 heavy (non-hydrogen) atoms. The Morgan fingerprint density at radius 1 is 1.25 bits per heavy atom. The summed E-state index contributed by atoms with van der Waals surface area (Å²) in [5.74, 6) is 0.792. The third-order valence-corrected chi connectivity index (χ3v) is 4.78. The first-order valence-corrected chi connectivity index (χ1v) is 8.19. The van der Waals surface area contributed by atoms with E-state index in [9.17, 15) is 9.59 Å². The van der Waals surface area contributed by atoms with Crippen LogP contribution in [0.15, 0.2) is 45.8 Å². The molecule has 2 aromatic rings. The summed E-state index contributed by atoms with van der Waals surface area (Å²) in [5.41, 5.74) is 0.559. The minimum absolute atomic E-state index is 0.0352. The van der Waals surface area contributed by atoms with Gasteiger partial charge in [0.15, 0.2) is 0 Å². The van der Waals surface area contributed by atoms with Gasteiger partial charge in [0.2, 0.25) is 5.91 Å². The van der Waals surface area contributed by atoms with Gasteiger partial charge in [0.25, 0.3) is 5.91 Å². The zero-order valence-electron chi connectivity index (χ0n) is 14.0. The van der Waals surface area contributed by atoms with Crippen molar-refractivity contribution in [2.45, 2.75) is 25.8 Å². The lowest BCUT2D eigenvalue weighted by molar-refractivity contribution is -0.137. The molecular formula is C18H22N2O4. The van der Waals surface area contributed by atoms with Gasteiger partial charge in [-0.1, -0.05) is 0 Å². The normalized spacial score (nSPS) is 16.8. The molecule has 0 aliphatic carbocycles. The van der Waals surface area contributed by atoms with Crippen molar-refractivity contribution in [3.63, 3.8) is 0 Å². The van der Waals surface area contributed by atoms with E-state index in [-0.39, 0.29) is 23.8 Å². The summed E-state index contributed by atoms with van der Waals surface area (Å²) in [6, 6.07) is 5.27. The zero-order chi connectivity index (χ0) is 17.1. The number of furan rings is 2. The zero-order valence-corrected chi connectivity index (χ0v) is 14.0. The van der Waals surface area contributed by atoms with Crippen LogP contribution in [0.1, 0.15) is 41.9 Å². The summed E-state index contributed by atoms with van der Waals surface area (Å²) in [4.78, 5) is 28.5. The molecule has 6 heteroatoms. The Kier molecular flexibility index (Phi) is 4.74. The van der Waals surface area contributed by atoms with Crippen LogP contribution in [0.5, 0.6) is 0 Å². The molecule has 0 N–H and O–H groups in total. The van der Waals surface area contributed by atoms with E-state index in [1.165, 1.54) is 12.5 Å². The second-order valence-electron chi connectivity index (χ2n) is 6.22. The van der Waals surface area contributed by atoms with E-state index in [0.29, 0.717) is 31.5 Å². The average Bonchev–Trinajstić information content (AvgIpc) is 3.32. The number of hydrogen-bond acceptors (Lipinski definition) is 4. The summed E-state index contributed by atoms with van der Waals surface area (Å²) in [6.45, 7) is 3.13. The molecule has 6 nitrogen and oxygen atoms in total. The lowest BCUT2D eigenvalue weighted by Gasteiger charge is -2.34. The highest BCUT2D eigenvalue weighted by molar-refractivity contribution is 5.94. The highest BCUT2D eigenvalue weighted by atomic mass is 16.3. The molecule has 0 radical (unpaired) electrons. The number of carbonyl (C=O) groups is 2. The first kappa shape index (κ1) is 16.4. The van der Waals surface area contributed by atoms with Crippen molar-refractivity contribution >= 4 is 11.8 Å². The lowest BCUT2D eigenvalue weighted by atomic mass is 9.94. The molecular weight excluding hydrogens is 308 g/mol. The number of amides is 2. The van der Waals surface area contributed by atoms with Gasteiger partial charge in [-0.25, -0.2) is 0 Å². The van der Waals surface area contributed by atoms with Crippen molar-refractivity contribution in [1.82, 2.24) is 9.80 Å². The maximum absolute atomic E-state index is 12.7. The Morgan fingerprint density at radius 2 is 2.00 bits per heavy atom. The van der Waals surface area contributed by atoms with Crippen LogP contribution in [0.2, 0.25) is 0 Å². The molecule has 3 rings (SSSR count). The minimum Gasteiger partial charge on any atom is -0.472 e. The van der Waals surface area contributed by atoms with Crippen molar-refractivity contribution in [2.75, 3.05) is 20.1 Å². The third kappa shape index (κ3) is 3.22. The molecule has 1 unspecified atom stereocenters. The van der Waals surface area contributed by atoms with Crippen LogP contribution in [0.3, 0.4) is 0 Å². The van der Waals surface area contributed by atoms with Crippen molar-refractivity contribution in [2.24, 2.45) is 5.92 Å². The first-order valence-electron chi connectivity index (χ1n) is 8.19. The topological polar surface area (TPSA) is 66.9 Å². The van der Waals surface area contributed by atoms with Crippen molar-refractivity contribution in [1.29, 1.82) is 0 Å². The molecule has 2 amide bonds. The van der Waals surface area contributed by atoms with Gasteiger partial charge >= 0.3 is 0 Å². The van der Waals surface area contributed by atoms with Crippen LogP contribution in [-0.2, 0) is 4.79 Å². The highest BCUT2D eigenvalue weighted by Crippen LogP contribution is 2.26. The molecule has 2 aromatic heterocycles.